The Morgan fingerprint density at radius 2 is 1.50 bits per heavy atom. The number of hydrogen-bond donors (Lipinski definition) is 0. The Hall–Kier alpha value is -2.92. The first-order valence-electron chi connectivity index (χ1n) is 8.19. The van der Waals surface area contributed by atoms with E-state index in [1.807, 2.05) is 0 Å². The maximum Gasteiger partial charge on any atom is 0.269 e. The van der Waals surface area contributed by atoms with Crippen molar-refractivity contribution in [3.8, 4) is 0 Å². The predicted octanol–water partition coefficient (Wildman–Crippen LogP) is 2.02. The molecule has 0 aromatic heterocycles. The van der Waals surface area contributed by atoms with E-state index in [0.717, 1.165) is 22.5 Å². The van der Waals surface area contributed by atoms with Crippen molar-refractivity contribution in [3.63, 3.8) is 0 Å². The molecule has 1 heterocycles. The van der Waals surface area contributed by atoms with E-state index in [2.05, 4.69) is 0 Å². The van der Waals surface area contributed by atoms with Gasteiger partial charge in [0.15, 0.2) is 4.90 Å². The number of halogens is 2. The highest BCUT2D eigenvalue weighted by molar-refractivity contribution is 7.89. The number of benzene rings is 2. The van der Waals surface area contributed by atoms with Crippen molar-refractivity contribution in [1.82, 2.24) is 9.21 Å². The highest BCUT2D eigenvalue weighted by atomic mass is 32.2. The molecular formula is C17H15F2N3O5S. The number of carbonyl (C=O) groups excluding carboxylic acids is 1. The van der Waals surface area contributed by atoms with Crippen LogP contribution in [0.25, 0.3) is 0 Å². The topological polar surface area (TPSA) is 101 Å². The average molecular weight is 411 g/mol. The number of carbonyl (C=O) groups is 1. The third-order valence-corrected chi connectivity index (χ3v) is 6.32. The third-order valence-electron chi connectivity index (χ3n) is 4.37. The Balaban J connectivity index is 1.72. The first kappa shape index (κ1) is 19.8. The number of amides is 1. The first-order chi connectivity index (χ1) is 13.2. The van der Waals surface area contributed by atoms with Gasteiger partial charge in [0.2, 0.25) is 10.0 Å². The fraction of sp³-hybridized carbons (Fsp3) is 0.235. The molecule has 1 aliphatic heterocycles. The number of non-ortho nitro benzene ring substituents is 1. The van der Waals surface area contributed by atoms with E-state index in [0.29, 0.717) is 0 Å². The summed E-state index contributed by atoms with van der Waals surface area (Å²) in [6.07, 6.45) is 0. The predicted molar refractivity (Wildman–Crippen MR) is 94.1 cm³/mol. The minimum absolute atomic E-state index is 0.0190. The summed E-state index contributed by atoms with van der Waals surface area (Å²) in [6.45, 7) is -0.222. The van der Waals surface area contributed by atoms with Crippen molar-refractivity contribution in [2.24, 2.45) is 0 Å². The van der Waals surface area contributed by atoms with E-state index in [1.165, 1.54) is 29.2 Å². The van der Waals surface area contributed by atoms with Crippen molar-refractivity contribution in [3.05, 3.63) is 69.8 Å². The molecule has 0 bridgehead atoms. The van der Waals surface area contributed by atoms with Crippen molar-refractivity contribution >= 4 is 21.6 Å². The number of sulfonamides is 1. The summed E-state index contributed by atoms with van der Waals surface area (Å²) in [6, 6.07) is 7.85. The van der Waals surface area contributed by atoms with Gasteiger partial charge in [0.25, 0.3) is 11.6 Å². The molecule has 0 saturated carbocycles. The summed E-state index contributed by atoms with van der Waals surface area (Å²) in [5.41, 5.74) is 0.0708. The van der Waals surface area contributed by atoms with Gasteiger partial charge < -0.3 is 4.90 Å². The number of nitro groups is 1. The molecule has 0 radical (unpaired) electrons. The third kappa shape index (κ3) is 3.71. The average Bonchev–Trinajstić information content (AvgIpc) is 2.67. The van der Waals surface area contributed by atoms with Crippen LogP contribution >= 0.6 is 0 Å². The second-order valence-electron chi connectivity index (χ2n) is 6.05. The van der Waals surface area contributed by atoms with E-state index in [-0.39, 0.29) is 37.4 Å². The first-order valence-corrected chi connectivity index (χ1v) is 9.63. The van der Waals surface area contributed by atoms with Gasteiger partial charge in [0, 0.05) is 43.9 Å². The Labute approximate surface area is 159 Å². The fourth-order valence-electron chi connectivity index (χ4n) is 2.90. The lowest BCUT2D eigenvalue weighted by Gasteiger charge is -2.34. The molecule has 11 heteroatoms. The lowest BCUT2D eigenvalue weighted by molar-refractivity contribution is -0.384. The van der Waals surface area contributed by atoms with Gasteiger partial charge in [-0.15, -0.1) is 0 Å². The van der Waals surface area contributed by atoms with Crippen LogP contribution in [-0.4, -0.2) is 54.6 Å². The zero-order valence-corrected chi connectivity index (χ0v) is 15.2. The van der Waals surface area contributed by atoms with E-state index < -0.39 is 37.4 Å². The zero-order chi connectivity index (χ0) is 20.5. The fourth-order valence-corrected chi connectivity index (χ4v) is 4.43. The minimum atomic E-state index is -4.38. The highest BCUT2D eigenvalue weighted by Gasteiger charge is 2.34. The molecule has 1 fully saturated rings. The Morgan fingerprint density at radius 1 is 0.964 bits per heavy atom. The Kier molecular flexibility index (Phi) is 5.38. The van der Waals surface area contributed by atoms with E-state index in [4.69, 9.17) is 0 Å². The molecule has 0 spiro atoms. The number of piperazine rings is 1. The van der Waals surface area contributed by atoms with Gasteiger partial charge in [0.05, 0.1) is 4.92 Å². The number of nitro benzene ring substituents is 1. The lowest BCUT2D eigenvalue weighted by atomic mass is 10.1. The standard InChI is InChI=1S/C17H15F2N3O5S/c18-14-2-1-3-15(19)16(14)28(26,27)21-10-8-20(9-11-21)17(23)12-4-6-13(7-5-12)22(24)25/h1-7H,8-11H2. The van der Waals surface area contributed by atoms with Crippen LogP contribution in [-0.2, 0) is 10.0 Å². The van der Waals surface area contributed by atoms with Crippen LogP contribution in [0.15, 0.2) is 47.4 Å². The summed E-state index contributed by atoms with van der Waals surface area (Å²) in [4.78, 5) is 22.9. The molecule has 0 aliphatic carbocycles. The van der Waals surface area contributed by atoms with E-state index in [9.17, 15) is 32.1 Å². The smallest absolute Gasteiger partial charge is 0.269 e. The molecular weight excluding hydrogens is 396 g/mol. The molecule has 0 atom stereocenters. The Bertz CT molecular complexity index is 999. The van der Waals surface area contributed by atoms with Gasteiger partial charge in [-0.1, -0.05) is 6.07 Å². The molecule has 2 aromatic carbocycles. The van der Waals surface area contributed by atoms with Crippen LogP contribution in [0.4, 0.5) is 14.5 Å². The largest absolute Gasteiger partial charge is 0.336 e. The van der Waals surface area contributed by atoms with Gasteiger partial charge in [-0.2, -0.15) is 4.31 Å². The second-order valence-corrected chi connectivity index (χ2v) is 7.93. The van der Waals surface area contributed by atoms with Crippen LogP contribution in [0, 0.1) is 21.7 Å². The SMILES string of the molecule is O=C(c1ccc([N+](=O)[O-])cc1)N1CCN(S(=O)(=O)c2c(F)cccc2F)CC1. The molecule has 1 amide bonds. The van der Waals surface area contributed by atoms with Gasteiger partial charge in [-0.25, -0.2) is 17.2 Å². The van der Waals surface area contributed by atoms with E-state index >= 15 is 0 Å². The normalized spacial score (nSPS) is 15.4. The Morgan fingerprint density at radius 3 is 2.00 bits per heavy atom. The van der Waals surface area contributed by atoms with Gasteiger partial charge in [-0.05, 0) is 24.3 Å². The molecule has 2 aromatic rings. The second kappa shape index (κ2) is 7.60. The van der Waals surface area contributed by atoms with Gasteiger partial charge in [-0.3, -0.25) is 14.9 Å². The van der Waals surface area contributed by atoms with Crippen molar-refractivity contribution in [2.45, 2.75) is 4.90 Å². The van der Waals surface area contributed by atoms with E-state index in [1.54, 1.807) is 0 Å². The molecule has 0 N–H and O–H groups in total. The van der Waals surface area contributed by atoms with Crippen molar-refractivity contribution < 1.29 is 26.9 Å². The molecule has 1 saturated heterocycles. The summed E-state index contributed by atoms with van der Waals surface area (Å²) in [7, 11) is -4.38. The quantitative estimate of drug-likeness (QED) is 0.566. The zero-order valence-electron chi connectivity index (χ0n) is 14.4. The number of nitrogens with zero attached hydrogens (tertiary/aromatic N) is 3. The number of rotatable bonds is 4. The molecule has 3 rings (SSSR count). The molecule has 28 heavy (non-hydrogen) atoms. The van der Waals surface area contributed by atoms with Crippen molar-refractivity contribution in [2.75, 3.05) is 26.2 Å². The maximum atomic E-state index is 13.9. The summed E-state index contributed by atoms with van der Waals surface area (Å²) >= 11 is 0. The monoisotopic (exact) mass is 411 g/mol. The summed E-state index contributed by atoms with van der Waals surface area (Å²) in [5, 5.41) is 10.7. The minimum Gasteiger partial charge on any atom is -0.336 e. The van der Waals surface area contributed by atoms with Crippen molar-refractivity contribution in [1.29, 1.82) is 0 Å². The van der Waals surface area contributed by atoms with Crippen LogP contribution in [0.1, 0.15) is 10.4 Å². The highest BCUT2D eigenvalue weighted by Crippen LogP contribution is 2.24. The van der Waals surface area contributed by atoms with Gasteiger partial charge in [0.1, 0.15) is 11.6 Å². The number of hydrogen-bond acceptors (Lipinski definition) is 5. The summed E-state index contributed by atoms with van der Waals surface area (Å²) in [5.74, 6) is -2.77. The van der Waals surface area contributed by atoms with Crippen LogP contribution < -0.4 is 0 Å². The molecule has 1 aliphatic rings. The van der Waals surface area contributed by atoms with Crippen LogP contribution in [0.5, 0.6) is 0 Å². The lowest BCUT2D eigenvalue weighted by Crippen LogP contribution is -2.50. The van der Waals surface area contributed by atoms with Crippen LogP contribution in [0.2, 0.25) is 0 Å². The molecule has 8 nitrogen and oxygen atoms in total. The molecule has 148 valence electrons. The molecule has 0 unspecified atom stereocenters. The maximum absolute atomic E-state index is 13.9. The summed E-state index contributed by atoms with van der Waals surface area (Å²) < 4.78 is 53.8. The van der Waals surface area contributed by atoms with Crippen LogP contribution in [0.3, 0.4) is 0 Å². The van der Waals surface area contributed by atoms with Gasteiger partial charge >= 0.3 is 0 Å².